The van der Waals surface area contributed by atoms with Gasteiger partial charge in [0.25, 0.3) is 0 Å². The Kier molecular flexibility index (Phi) is 5.89. The zero-order valence-electron chi connectivity index (χ0n) is 14.8. The summed E-state index contributed by atoms with van der Waals surface area (Å²) in [6.07, 6.45) is 2.61. The molecule has 1 aliphatic rings. The number of rotatable bonds is 7. The lowest BCUT2D eigenvalue weighted by molar-refractivity contribution is 0.238. The Morgan fingerprint density at radius 3 is 2.62 bits per heavy atom. The van der Waals surface area contributed by atoms with E-state index in [1.165, 1.54) is 42.6 Å². The van der Waals surface area contributed by atoms with Crippen LogP contribution in [0.5, 0.6) is 5.75 Å². The maximum Gasteiger partial charge on any atom is 0.119 e. The van der Waals surface area contributed by atoms with Crippen LogP contribution >= 0.6 is 0 Å². The summed E-state index contributed by atoms with van der Waals surface area (Å²) in [5.74, 6) is 0.940. The molecule has 1 atom stereocenters. The SMILES string of the molecule is COc1cccc(C(CNCc2cccc(C)c2)N2CCCC2)c1. The Bertz CT molecular complexity index is 650. The van der Waals surface area contributed by atoms with Gasteiger partial charge in [-0.3, -0.25) is 4.90 Å². The summed E-state index contributed by atoms with van der Waals surface area (Å²) in [5, 5.41) is 3.66. The van der Waals surface area contributed by atoms with Crippen molar-refractivity contribution in [3.63, 3.8) is 0 Å². The molecule has 2 aromatic rings. The molecule has 1 saturated heterocycles. The van der Waals surface area contributed by atoms with Crippen molar-refractivity contribution in [1.82, 2.24) is 10.2 Å². The van der Waals surface area contributed by atoms with Crippen molar-refractivity contribution in [2.45, 2.75) is 32.4 Å². The van der Waals surface area contributed by atoms with Crippen LogP contribution in [-0.2, 0) is 6.54 Å². The Morgan fingerprint density at radius 1 is 1.08 bits per heavy atom. The van der Waals surface area contributed by atoms with Gasteiger partial charge in [0.2, 0.25) is 0 Å². The Labute approximate surface area is 145 Å². The molecule has 0 amide bonds. The number of hydrogen-bond acceptors (Lipinski definition) is 3. The third-order valence-corrected chi connectivity index (χ3v) is 4.81. The number of likely N-dealkylation sites (tertiary alicyclic amines) is 1. The van der Waals surface area contributed by atoms with Gasteiger partial charge in [-0.05, 0) is 56.1 Å². The van der Waals surface area contributed by atoms with E-state index >= 15 is 0 Å². The first-order valence-electron chi connectivity index (χ1n) is 8.90. The highest BCUT2D eigenvalue weighted by Gasteiger charge is 2.23. The van der Waals surface area contributed by atoms with E-state index in [0.717, 1.165) is 18.8 Å². The summed E-state index contributed by atoms with van der Waals surface area (Å²) in [4.78, 5) is 2.60. The standard InChI is InChI=1S/C21H28N2O/c1-17-7-5-8-18(13-17)15-22-16-21(23-11-3-4-12-23)19-9-6-10-20(14-19)24-2/h5-10,13-14,21-22H,3-4,11-12,15-16H2,1-2H3. The van der Waals surface area contributed by atoms with Crippen molar-refractivity contribution in [3.8, 4) is 5.75 Å². The monoisotopic (exact) mass is 324 g/mol. The topological polar surface area (TPSA) is 24.5 Å². The van der Waals surface area contributed by atoms with E-state index in [1.54, 1.807) is 7.11 Å². The summed E-state index contributed by atoms with van der Waals surface area (Å²) in [5.41, 5.74) is 4.01. The van der Waals surface area contributed by atoms with Crippen LogP contribution in [0.4, 0.5) is 0 Å². The van der Waals surface area contributed by atoms with Crippen molar-refractivity contribution >= 4 is 0 Å². The van der Waals surface area contributed by atoms with Gasteiger partial charge in [0, 0.05) is 19.1 Å². The van der Waals surface area contributed by atoms with Crippen LogP contribution in [0.3, 0.4) is 0 Å². The number of nitrogens with one attached hydrogen (secondary N) is 1. The first-order valence-corrected chi connectivity index (χ1v) is 8.90. The van der Waals surface area contributed by atoms with Gasteiger partial charge in [0.15, 0.2) is 0 Å². The normalized spacial score (nSPS) is 16.2. The van der Waals surface area contributed by atoms with Gasteiger partial charge in [0.05, 0.1) is 7.11 Å². The minimum Gasteiger partial charge on any atom is -0.497 e. The number of nitrogens with zero attached hydrogens (tertiary/aromatic N) is 1. The molecule has 3 nitrogen and oxygen atoms in total. The van der Waals surface area contributed by atoms with Crippen LogP contribution in [0, 0.1) is 6.92 Å². The molecule has 1 N–H and O–H groups in total. The van der Waals surface area contributed by atoms with Crippen LogP contribution in [0.2, 0.25) is 0 Å². The summed E-state index contributed by atoms with van der Waals surface area (Å²) in [6.45, 7) is 6.39. The van der Waals surface area contributed by atoms with Crippen molar-refractivity contribution in [1.29, 1.82) is 0 Å². The molecule has 0 aliphatic carbocycles. The van der Waals surface area contributed by atoms with Crippen LogP contribution in [0.15, 0.2) is 48.5 Å². The van der Waals surface area contributed by atoms with Crippen molar-refractivity contribution in [3.05, 3.63) is 65.2 Å². The van der Waals surface area contributed by atoms with Crippen molar-refractivity contribution in [2.24, 2.45) is 0 Å². The van der Waals surface area contributed by atoms with E-state index in [1.807, 2.05) is 6.07 Å². The predicted octanol–water partition coefficient (Wildman–Crippen LogP) is 3.93. The van der Waals surface area contributed by atoms with Gasteiger partial charge in [-0.1, -0.05) is 42.0 Å². The second-order valence-electron chi connectivity index (χ2n) is 6.66. The zero-order chi connectivity index (χ0) is 16.8. The predicted molar refractivity (Wildman–Crippen MR) is 99.4 cm³/mol. The molecular weight excluding hydrogens is 296 g/mol. The molecule has 1 unspecified atom stereocenters. The Hall–Kier alpha value is -1.84. The number of benzene rings is 2. The summed E-state index contributed by atoms with van der Waals surface area (Å²) >= 11 is 0. The molecule has 0 radical (unpaired) electrons. The number of methoxy groups -OCH3 is 1. The molecule has 2 aromatic carbocycles. The van der Waals surface area contributed by atoms with Crippen LogP contribution < -0.4 is 10.1 Å². The summed E-state index contributed by atoms with van der Waals surface area (Å²) in [6, 6.07) is 17.6. The minimum absolute atomic E-state index is 0.410. The van der Waals surface area contributed by atoms with Gasteiger partial charge in [0.1, 0.15) is 5.75 Å². The van der Waals surface area contributed by atoms with E-state index in [2.05, 4.69) is 59.6 Å². The molecule has 1 aliphatic heterocycles. The van der Waals surface area contributed by atoms with Gasteiger partial charge in [-0.15, -0.1) is 0 Å². The molecule has 0 saturated carbocycles. The Morgan fingerprint density at radius 2 is 1.88 bits per heavy atom. The highest BCUT2D eigenvalue weighted by molar-refractivity contribution is 5.31. The molecule has 1 heterocycles. The molecule has 3 heteroatoms. The summed E-state index contributed by atoms with van der Waals surface area (Å²) < 4.78 is 5.42. The van der Waals surface area contributed by atoms with Crippen LogP contribution in [0.25, 0.3) is 0 Å². The molecule has 0 aromatic heterocycles. The second kappa shape index (κ2) is 8.32. The van der Waals surface area contributed by atoms with E-state index in [9.17, 15) is 0 Å². The van der Waals surface area contributed by atoms with Gasteiger partial charge < -0.3 is 10.1 Å². The van der Waals surface area contributed by atoms with E-state index < -0.39 is 0 Å². The molecule has 0 bridgehead atoms. The van der Waals surface area contributed by atoms with E-state index in [4.69, 9.17) is 4.74 Å². The average Bonchev–Trinajstić information content (AvgIpc) is 3.13. The van der Waals surface area contributed by atoms with Crippen molar-refractivity contribution < 1.29 is 4.74 Å². The third-order valence-electron chi connectivity index (χ3n) is 4.81. The van der Waals surface area contributed by atoms with Crippen LogP contribution in [0.1, 0.15) is 35.6 Å². The average molecular weight is 324 g/mol. The third kappa shape index (κ3) is 4.37. The number of ether oxygens (including phenoxy) is 1. The fourth-order valence-electron chi connectivity index (χ4n) is 3.54. The minimum atomic E-state index is 0.410. The molecule has 0 spiro atoms. The second-order valence-corrected chi connectivity index (χ2v) is 6.66. The molecule has 1 fully saturated rings. The molecule has 128 valence electrons. The van der Waals surface area contributed by atoms with Gasteiger partial charge >= 0.3 is 0 Å². The maximum atomic E-state index is 5.42. The smallest absolute Gasteiger partial charge is 0.119 e. The molecular formula is C21H28N2O. The number of aryl methyl sites for hydroxylation is 1. The lowest BCUT2D eigenvalue weighted by Crippen LogP contribution is -2.34. The van der Waals surface area contributed by atoms with Gasteiger partial charge in [-0.25, -0.2) is 0 Å². The lowest BCUT2D eigenvalue weighted by atomic mass is 10.0. The number of hydrogen-bond donors (Lipinski definition) is 1. The highest BCUT2D eigenvalue weighted by Crippen LogP contribution is 2.27. The molecule has 24 heavy (non-hydrogen) atoms. The lowest BCUT2D eigenvalue weighted by Gasteiger charge is -2.28. The fraction of sp³-hybridized carbons (Fsp3) is 0.429. The first kappa shape index (κ1) is 17.0. The quantitative estimate of drug-likeness (QED) is 0.835. The maximum absolute atomic E-state index is 5.42. The molecule has 3 rings (SSSR count). The van der Waals surface area contributed by atoms with E-state index in [0.29, 0.717) is 6.04 Å². The summed E-state index contributed by atoms with van der Waals surface area (Å²) in [7, 11) is 1.74. The van der Waals surface area contributed by atoms with Gasteiger partial charge in [-0.2, -0.15) is 0 Å². The van der Waals surface area contributed by atoms with E-state index in [-0.39, 0.29) is 0 Å². The van der Waals surface area contributed by atoms with Crippen LogP contribution in [-0.4, -0.2) is 31.6 Å². The Balaban J connectivity index is 1.68. The zero-order valence-corrected chi connectivity index (χ0v) is 14.8. The largest absolute Gasteiger partial charge is 0.497 e. The fourth-order valence-corrected chi connectivity index (χ4v) is 3.54. The highest BCUT2D eigenvalue weighted by atomic mass is 16.5. The first-order chi connectivity index (χ1) is 11.8. The van der Waals surface area contributed by atoms with Crippen molar-refractivity contribution in [2.75, 3.05) is 26.7 Å².